The monoisotopic (exact) mass is 288 g/mol. The zero-order valence-corrected chi connectivity index (χ0v) is 13.6. The van der Waals surface area contributed by atoms with Gasteiger partial charge < -0.3 is 15.5 Å². The molecular formula is C16H24N4O. The fourth-order valence-electron chi connectivity index (χ4n) is 2.26. The lowest BCUT2D eigenvalue weighted by Gasteiger charge is -2.20. The van der Waals surface area contributed by atoms with E-state index < -0.39 is 0 Å². The summed E-state index contributed by atoms with van der Waals surface area (Å²) >= 11 is 0. The quantitative estimate of drug-likeness (QED) is 0.899. The highest BCUT2D eigenvalue weighted by Crippen LogP contribution is 2.26. The smallest absolute Gasteiger partial charge is 0.138 e. The van der Waals surface area contributed by atoms with E-state index in [1.54, 1.807) is 6.07 Å². The fourth-order valence-corrected chi connectivity index (χ4v) is 2.26. The molecule has 114 valence electrons. The third kappa shape index (κ3) is 3.54. The maximum atomic E-state index is 5.89. The van der Waals surface area contributed by atoms with Crippen LogP contribution in [-0.4, -0.2) is 9.97 Å². The standard InChI is InChI=1S/C16H24N4O/c1-9-7-12(11(3)21-9)10(2)18-14-8-13(17)19-15(20-14)16(4,5)6/h7-8,10H,1-6H3,(H3,17,18,19,20). The van der Waals surface area contributed by atoms with E-state index in [4.69, 9.17) is 10.2 Å². The zero-order valence-electron chi connectivity index (χ0n) is 13.6. The molecule has 0 bridgehead atoms. The largest absolute Gasteiger partial charge is 0.466 e. The van der Waals surface area contributed by atoms with Crippen molar-refractivity contribution in [1.29, 1.82) is 0 Å². The molecule has 0 spiro atoms. The summed E-state index contributed by atoms with van der Waals surface area (Å²) < 4.78 is 5.58. The van der Waals surface area contributed by atoms with Crippen LogP contribution in [0, 0.1) is 13.8 Å². The van der Waals surface area contributed by atoms with E-state index in [2.05, 4.69) is 43.0 Å². The van der Waals surface area contributed by atoms with Crippen LogP contribution in [0.5, 0.6) is 0 Å². The van der Waals surface area contributed by atoms with Crippen LogP contribution in [0.4, 0.5) is 11.6 Å². The molecule has 0 aliphatic heterocycles. The second-order valence-electron chi connectivity index (χ2n) is 6.49. The zero-order chi connectivity index (χ0) is 15.8. The van der Waals surface area contributed by atoms with Gasteiger partial charge in [-0.05, 0) is 26.8 Å². The molecule has 5 nitrogen and oxygen atoms in total. The number of nitrogens with two attached hydrogens (primary N) is 1. The molecule has 1 atom stereocenters. The molecule has 0 aliphatic carbocycles. The first kappa shape index (κ1) is 15.4. The lowest BCUT2D eigenvalue weighted by Crippen LogP contribution is -2.19. The molecule has 0 saturated carbocycles. The average molecular weight is 288 g/mol. The molecule has 0 aliphatic rings. The minimum Gasteiger partial charge on any atom is -0.466 e. The van der Waals surface area contributed by atoms with Gasteiger partial charge in [-0.1, -0.05) is 20.8 Å². The van der Waals surface area contributed by atoms with Crippen LogP contribution < -0.4 is 11.1 Å². The highest BCUT2D eigenvalue weighted by molar-refractivity contribution is 5.47. The third-order valence-electron chi connectivity index (χ3n) is 3.33. The minimum absolute atomic E-state index is 0.0876. The molecule has 5 heteroatoms. The summed E-state index contributed by atoms with van der Waals surface area (Å²) in [6.45, 7) is 12.2. The van der Waals surface area contributed by atoms with Crippen LogP contribution >= 0.6 is 0 Å². The lowest BCUT2D eigenvalue weighted by atomic mass is 9.96. The van der Waals surface area contributed by atoms with Gasteiger partial charge in [0.2, 0.25) is 0 Å². The summed E-state index contributed by atoms with van der Waals surface area (Å²) in [5.74, 6) is 3.78. The van der Waals surface area contributed by atoms with Crippen LogP contribution in [0.1, 0.15) is 56.6 Å². The summed E-state index contributed by atoms with van der Waals surface area (Å²) in [6, 6.07) is 3.89. The van der Waals surface area contributed by atoms with Crippen molar-refractivity contribution >= 4 is 11.6 Å². The third-order valence-corrected chi connectivity index (χ3v) is 3.33. The van der Waals surface area contributed by atoms with Crippen molar-refractivity contribution in [2.45, 2.75) is 53.0 Å². The number of furan rings is 1. The summed E-state index contributed by atoms with van der Waals surface area (Å²) in [7, 11) is 0. The Morgan fingerprint density at radius 2 is 1.86 bits per heavy atom. The summed E-state index contributed by atoms with van der Waals surface area (Å²) in [5, 5.41) is 3.37. The average Bonchev–Trinajstić information content (AvgIpc) is 2.66. The van der Waals surface area contributed by atoms with Crippen molar-refractivity contribution in [2.75, 3.05) is 11.1 Å². The number of hydrogen-bond acceptors (Lipinski definition) is 5. The Labute approximate surface area is 126 Å². The van der Waals surface area contributed by atoms with Crippen LogP contribution in [0.3, 0.4) is 0 Å². The van der Waals surface area contributed by atoms with Gasteiger partial charge in [0.1, 0.15) is 29.0 Å². The fraction of sp³-hybridized carbons (Fsp3) is 0.500. The predicted molar refractivity (Wildman–Crippen MR) is 85.4 cm³/mol. The Morgan fingerprint density at radius 3 is 2.38 bits per heavy atom. The molecule has 0 amide bonds. The molecule has 2 heterocycles. The van der Waals surface area contributed by atoms with Gasteiger partial charge in [-0.15, -0.1) is 0 Å². The summed E-state index contributed by atoms with van der Waals surface area (Å²) in [5.41, 5.74) is 6.88. The first-order valence-corrected chi connectivity index (χ1v) is 7.15. The van der Waals surface area contributed by atoms with Crippen LogP contribution in [0.25, 0.3) is 0 Å². The maximum absolute atomic E-state index is 5.89. The molecule has 0 saturated heterocycles. The molecule has 0 aromatic carbocycles. The highest BCUT2D eigenvalue weighted by atomic mass is 16.3. The molecule has 2 aromatic heterocycles. The van der Waals surface area contributed by atoms with Crippen molar-refractivity contribution in [3.63, 3.8) is 0 Å². The molecule has 2 rings (SSSR count). The number of aromatic nitrogens is 2. The molecule has 0 radical (unpaired) electrons. The first-order chi connectivity index (χ1) is 9.66. The summed E-state index contributed by atoms with van der Waals surface area (Å²) in [4.78, 5) is 8.89. The van der Waals surface area contributed by atoms with Crippen LogP contribution in [-0.2, 0) is 5.41 Å². The Kier molecular flexibility index (Phi) is 3.94. The Balaban J connectivity index is 2.27. The van der Waals surface area contributed by atoms with Gasteiger partial charge in [-0.25, -0.2) is 9.97 Å². The Hall–Kier alpha value is -2.04. The molecular weight excluding hydrogens is 264 g/mol. The van der Waals surface area contributed by atoms with E-state index in [1.807, 2.05) is 19.9 Å². The minimum atomic E-state index is -0.142. The molecule has 2 aromatic rings. The van der Waals surface area contributed by atoms with Gasteiger partial charge in [0.05, 0.1) is 6.04 Å². The number of nitrogens with one attached hydrogen (secondary N) is 1. The van der Waals surface area contributed by atoms with Gasteiger partial charge in [0.25, 0.3) is 0 Å². The number of nitrogen functional groups attached to an aromatic ring is 1. The van der Waals surface area contributed by atoms with E-state index in [1.165, 1.54) is 0 Å². The Bertz CT molecular complexity index is 640. The van der Waals surface area contributed by atoms with Gasteiger partial charge in [0.15, 0.2) is 0 Å². The van der Waals surface area contributed by atoms with Crippen LogP contribution in [0.15, 0.2) is 16.5 Å². The number of nitrogens with zero attached hydrogens (tertiary/aromatic N) is 2. The van der Waals surface area contributed by atoms with E-state index in [0.29, 0.717) is 5.82 Å². The van der Waals surface area contributed by atoms with Gasteiger partial charge in [-0.2, -0.15) is 0 Å². The second kappa shape index (κ2) is 5.39. The second-order valence-corrected chi connectivity index (χ2v) is 6.49. The highest BCUT2D eigenvalue weighted by Gasteiger charge is 2.20. The van der Waals surface area contributed by atoms with Crippen molar-refractivity contribution in [3.8, 4) is 0 Å². The van der Waals surface area contributed by atoms with Crippen molar-refractivity contribution in [2.24, 2.45) is 0 Å². The maximum Gasteiger partial charge on any atom is 0.138 e. The number of anilines is 2. The van der Waals surface area contributed by atoms with Crippen molar-refractivity contribution in [1.82, 2.24) is 9.97 Å². The first-order valence-electron chi connectivity index (χ1n) is 7.15. The predicted octanol–water partition coefficient (Wildman–Crippen LogP) is 3.74. The molecule has 3 N–H and O–H groups in total. The van der Waals surface area contributed by atoms with E-state index in [-0.39, 0.29) is 11.5 Å². The number of rotatable bonds is 3. The molecule has 0 fully saturated rings. The van der Waals surface area contributed by atoms with Crippen LogP contribution in [0.2, 0.25) is 0 Å². The molecule has 21 heavy (non-hydrogen) atoms. The SMILES string of the molecule is Cc1cc(C(C)Nc2cc(N)nc(C(C)(C)C)n2)c(C)o1. The normalized spacial score (nSPS) is 13.2. The number of aryl methyl sites for hydroxylation is 2. The van der Waals surface area contributed by atoms with Crippen molar-refractivity contribution in [3.05, 3.63) is 35.0 Å². The Morgan fingerprint density at radius 1 is 1.19 bits per heavy atom. The van der Waals surface area contributed by atoms with E-state index in [9.17, 15) is 0 Å². The van der Waals surface area contributed by atoms with Crippen molar-refractivity contribution < 1.29 is 4.42 Å². The van der Waals surface area contributed by atoms with Gasteiger partial charge in [0, 0.05) is 17.0 Å². The number of hydrogen-bond donors (Lipinski definition) is 2. The van der Waals surface area contributed by atoms with Gasteiger partial charge in [-0.3, -0.25) is 0 Å². The van der Waals surface area contributed by atoms with E-state index >= 15 is 0 Å². The molecule has 1 unspecified atom stereocenters. The summed E-state index contributed by atoms with van der Waals surface area (Å²) in [6.07, 6.45) is 0. The topological polar surface area (TPSA) is 77.0 Å². The van der Waals surface area contributed by atoms with E-state index in [0.717, 1.165) is 28.7 Å². The lowest BCUT2D eigenvalue weighted by molar-refractivity contribution is 0.499. The van der Waals surface area contributed by atoms with Gasteiger partial charge >= 0.3 is 0 Å².